The number of hydrogen-bond donors (Lipinski definition) is 1. The number of nitrogen functional groups attached to an aromatic ring is 1. The Balaban J connectivity index is 2.37. The zero-order valence-corrected chi connectivity index (χ0v) is 10.3. The Morgan fingerprint density at radius 2 is 2.00 bits per heavy atom. The van der Waals surface area contributed by atoms with Crippen molar-refractivity contribution in [3.05, 3.63) is 6.07 Å². The first kappa shape index (κ1) is 12.1. The van der Waals surface area contributed by atoms with Crippen LogP contribution in [0.15, 0.2) is 11.2 Å². The maximum Gasteiger partial charge on any atom is 0.250 e. The first-order valence-electron chi connectivity index (χ1n) is 5.14. The van der Waals surface area contributed by atoms with Gasteiger partial charge < -0.3 is 15.4 Å². The molecule has 0 radical (unpaired) electrons. The van der Waals surface area contributed by atoms with Crippen molar-refractivity contribution in [2.75, 3.05) is 43.2 Å². The van der Waals surface area contributed by atoms with E-state index in [1.54, 1.807) is 6.07 Å². The lowest BCUT2D eigenvalue weighted by atomic mass is 10.4. The Morgan fingerprint density at radius 3 is 2.59 bits per heavy atom. The minimum Gasteiger partial charge on any atom is -0.383 e. The molecule has 1 fully saturated rings. The van der Waals surface area contributed by atoms with E-state index in [9.17, 15) is 8.42 Å². The highest BCUT2D eigenvalue weighted by Crippen LogP contribution is 2.17. The lowest BCUT2D eigenvalue weighted by molar-refractivity contribution is 0.122. The minimum absolute atomic E-state index is 0.155. The largest absolute Gasteiger partial charge is 0.383 e. The van der Waals surface area contributed by atoms with Gasteiger partial charge in [-0.3, -0.25) is 0 Å². The molecule has 0 saturated carbocycles. The first-order chi connectivity index (χ1) is 7.97. The summed E-state index contributed by atoms with van der Waals surface area (Å²) in [5, 5.41) is -0.237. The summed E-state index contributed by atoms with van der Waals surface area (Å²) in [5.41, 5.74) is 5.59. The van der Waals surface area contributed by atoms with Crippen LogP contribution in [0.1, 0.15) is 0 Å². The highest BCUT2D eigenvalue weighted by Gasteiger charge is 2.18. The van der Waals surface area contributed by atoms with Crippen molar-refractivity contribution in [2.45, 2.75) is 5.16 Å². The molecule has 2 rings (SSSR count). The Labute approximate surface area is 99.5 Å². The molecule has 7 nitrogen and oxygen atoms in total. The summed E-state index contributed by atoms with van der Waals surface area (Å²) in [6.45, 7) is 2.52. The fraction of sp³-hybridized carbons (Fsp3) is 0.556. The summed E-state index contributed by atoms with van der Waals surface area (Å²) in [5.74, 6) is 0.683. The molecule has 17 heavy (non-hydrogen) atoms. The van der Waals surface area contributed by atoms with Gasteiger partial charge in [-0.25, -0.2) is 18.4 Å². The monoisotopic (exact) mass is 258 g/mol. The third-order valence-corrected chi connectivity index (χ3v) is 3.22. The lowest BCUT2D eigenvalue weighted by Gasteiger charge is -2.27. The lowest BCUT2D eigenvalue weighted by Crippen LogP contribution is -2.37. The van der Waals surface area contributed by atoms with E-state index >= 15 is 0 Å². The van der Waals surface area contributed by atoms with Crippen LogP contribution in [0.2, 0.25) is 0 Å². The molecule has 1 aromatic rings. The van der Waals surface area contributed by atoms with Crippen molar-refractivity contribution in [1.82, 2.24) is 9.97 Å². The predicted octanol–water partition coefficient (Wildman–Crippen LogP) is -0.701. The second-order valence-electron chi connectivity index (χ2n) is 3.81. The minimum atomic E-state index is -3.45. The Bertz CT molecular complexity index is 511. The van der Waals surface area contributed by atoms with Crippen LogP contribution in [0.4, 0.5) is 11.6 Å². The van der Waals surface area contributed by atoms with Crippen molar-refractivity contribution in [1.29, 1.82) is 0 Å². The smallest absolute Gasteiger partial charge is 0.250 e. The van der Waals surface area contributed by atoms with E-state index in [2.05, 4.69) is 9.97 Å². The summed E-state index contributed by atoms with van der Waals surface area (Å²) < 4.78 is 28.0. The van der Waals surface area contributed by atoms with E-state index in [0.717, 1.165) is 6.26 Å². The SMILES string of the molecule is CS(=O)(=O)c1nc(N)cc(N2CCOCC2)n1. The number of nitrogens with zero attached hydrogens (tertiary/aromatic N) is 3. The van der Waals surface area contributed by atoms with Crippen molar-refractivity contribution in [2.24, 2.45) is 0 Å². The summed E-state index contributed by atoms with van der Waals surface area (Å²) in [7, 11) is -3.45. The zero-order valence-electron chi connectivity index (χ0n) is 9.46. The van der Waals surface area contributed by atoms with Gasteiger partial charge in [-0.1, -0.05) is 0 Å². The Hall–Kier alpha value is -1.41. The van der Waals surface area contributed by atoms with Gasteiger partial charge in [0, 0.05) is 25.4 Å². The van der Waals surface area contributed by atoms with Crippen LogP contribution in [0.5, 0.6) is 0 Å². The maximum absolute atomic E-state index is 11.4. The summed E-state index contributed by atoms with van der Waals surface area (Å²) in [6, 6.07) is 1.57. The van der Waals surface area contributed by atoms with Crippen LogP contribution in [0.3, 0.4) is 0 Å². The molecule has 8 heteroatoms. The zero-order chi connectivity index (χ0) is 12.5. The van der Waals surface area contributed by atoms with Gasteiger partial charge in [0.1, 0.15) is 11.6 Å². The van der Waals surface area contributed by atoms with Crippen molar-refractivity contribution in [3.63, 3.8) is 0 Å². The van der Waals surface area contributed by atoms with Crippen molar-refractivity contribution in [3.8, 4) is 0 Å². The summed E-state index contributed by atoms with van der Waals surface area (Å²) >= 11 is 0. The number of aromatic nitrogens is 2. The molecule has 1 saturated heterocycles. The van der Waals surface area contributed by atoms with E-state index in [1.807, 2.05) is 4.90 Å². The number of sulfone groups is 1. The van der Waals surface area contributed by atoms with Gasteiger partial charge in [0.25, 0.3) is 5.16 Å². The van der Waals surface area contributed by atoms with E-state index in [4.69, 9.17) is 10.5 Å². The molecule has 2 heterocycles. The molecule has 1 aliphatic rings. The molecule has 1 aromatic heterocycles. The molecular weight excluding hydrogens is 244 g/mol. The van der Waals surface area contributed by atoms with Gasteiger partial charge in [-0.05, 0) is 0 Å². The molecule has 0 aromatic carbocycles. The number of nitrogens with two attached hydrogens (primary N) is 1. The maximum atomic E-state index is 11.4. The van der Waals surface area contributed by atoms with Gasteiger partial charge in [0.05, 0.1) is 13.2 Å². The van der Waals surface area contributed by atoms with Crippen LogP contribution >= 0.6 is 0 Å². The Kier molecular flexibility index (Phi) is 3.16. The van der Waals surface area contributed by atoms with Crippen LogP contribution < -0.4 is 10.6 Å². The fourth-order valence-corrected chi connectivity index (χ4v) is 2.08. The number of rotatable bonds is 2. The predicted molar refractivity (Wildman–Crippen MR) is 62.6 cm³/mol. The molecule has 0 atom stereocenters. The van der Waals surface area contributed by atoms with Gasteiger partial charge in [0.2, 0.25) is 9.84 Å². The molecule has 0 spiro atoms. The molecule has 0 amide bonds. The molecule has 0 bridgehead atoms. The molecule has 0 aliphatic carbocycles. The fourth-order valence-electron chi connectivity index (χ4n) is 1.55. The number of ether oxygens (including phenoxy) is 1. The molecule has 1 aliphatic heterocycles. The molecular formula is C9H14N4O3S. The van der Waals surface area contributed by atoms with Crippen molar-refractivity contribution < 1.29 is 13.2 Å². The second kappa shape index (κ2) is 4.46. The number of morpholine rings is 1. The third kappa shape index (κ3) is 2.83. The molecule has 0 unspecified atom stereocenters. The van der Waals surface area contributed by atoms with Crippen molar-refractivity contribution >= 4 is 21.5 Å². The second-order valence-corrected chi connectivity index (χ2v) is 5.71. The highest BCUT2D eigenvalue weighted by molar-refractivity contribution is 7.90. The Morgan fingerprint density at radius 1 is 1.35 bits per heavy atom. The first-order valence-corrected chi connectivity index (χ1v) is 7.03. The van der Waals surface area contributed by atoms with Gasteiger partial charge in [-0.2, -0.15) is 0 Å². The van der Waals surface area contributed by atoms with E-state index in [1.165, 1.54) is 0 Å². The van der Waals surface area contributed by atoms with Crippen LogP contribution in [0.25, 0.3) is 0 Å². The van der Waals surface area contributed by atoms with Crippen LogP contribution in [-0.4, -0.2) is 50.9 Å². The van der Waals surface area contributed by atoms with Gasteiger partial charge in [0.15, 0.2) is 0 Å². The van der Waals surface area contributed by atoms with Gasteiger partial charge in [-0.15, -0.1) is 0 Å². The van der Waals surface area contributed by atoms with E-state index in [-0.39, 0.29) is 11.0 Å². The van der Waals surface area contributed by atoms with Crippen LogP contribution in [0, 0.1) is 0 Å². The normalized spacial score (nSPS) is 17.1. The number of hydrogen-bond acceptors (Lipinski definition) is 7. The van der Waals surface area contributed by atoms with E-state index < -0.39 is 9.84 Å². The molecule has 2 N–H and O–H groups in total. The molecule has 94 valence electrons. The summed E-state index contributed by atoms with van der Waals surface area (Å²) in [6.07, 6.45) is 1.06. The average Bonchev–Trinajstić information content (AvgIpc) is 2.28. The highest BCUT2D eigenvalue weighted by atomic mass is 32.2. The van der Waals surface area contributed by atoms with Gasteiger partial charge >= 0.3 is 0 Å². The standard InChI is InChI=1S/C9H14N4O3S/c1-17(14,15)9-11-7(10)6-8(12-9)13-2-4-16-5-3-13/h6H,2-5H2,1H3,(H2,10,11,12). The quantitative estimate of drug-likeness (QED) is 0.700. The number of anilines is 2. The third-order valence-electron chi connectivity index (χ3n) is 2.38. The van der Waals surface area contributed by atoms with Crippen LogP contribution in [-0.2, 0) is 14.6 Å². The summed E-state index contributed by atoms with van der Waals surface area (Å²) in [4.78, 5) is 9.67. The average molecular weight is 258 g/mol. The topological polar surface area (TPSA) is 98.4 Å². The van der Waals surface area contributed by atoms with E-state index in [0.29, 0.717) is 32.1 Å².